The summed E-state index contributed by atoms with van der Waals surface area (Å²) >= 11 is 0. The fourth-order valence-corrected chi connectivity index (χ4v) is 1.73. The van der Waals surface area contributed by atoms with Crippen molar-refractivity contribution in [3.8, 4) is 0 Å². The zero-order chi connectivity index (χ0) is 15.0. The summed E-state index contributed by atoms with van der Waals surface area (Å²) in [6.45, 7) is 3.72. The van der Waals surface area contributed by atoms with Gasteiger partial charge in [-0.15, -0.1) is 0 Å². The second-order valence-corrected chi connectivity index (χ2v) is 4.90. The number of nitrogens with one attached hydrogen (secondary N) is 2. The van der Waals surface area contributed by atoms with Crippen LogP contribution in [0.3, 0.4) is 0 Å². The van der Waals surface area contributed by atoms with Crippen LogP contribution in [-0.4, -0.2) is 17.9 Å². The lowest BCUT2D eigenvalue weighted by Gasteiger charge is -2.09. The maximum absolute atomic E-state index is 11.7. The van der Waals surface area contributed by atoms with Crippen LogP contribution in [0.1, 0.15) is 39.5 Å². The van der Waals surface area contributed by atoms with E-state index in [2.05, 4.69) is 10.6 Å². The van der Waals surface area contributed by atoms with E-state index >= 15 is 0 Å². The predicted octanol–water partition coefficient (Wildman–Crippen LogP) is 2.49. The normalized spacial score (nSPS) is 11.8. The molecule has 20 heavy (non-hydrogen) atoms. The number of hydrogen-bond donors (Lipinski definition) is 3. The van der Waals surface area contributed by atoms with Crippen molar-refractivity contribution in [2.45, 2.75) is 45.6 Å². The molecule has 0 saturated carbocycles. The minimum atomic E-state index is -0.0505. The summed E-state index contributed by atoms with van der Waals surface area (Å²) in [6.07, 6.45) is 2.48. The molecule has 0 saturated heterocycles. The Labute approximate surface area is 119 Å². The van der Waals surface area contributed by atoms with Crippen LogP contribution in [0, 0.1) is 0 Å². The van der Waals surface area contributed by atoms with E-state index in [1.165, 1.54) is 0 Å². The highest BCUT2D eigenvalue weighted by Crippen LogP contribution is 2.16. The van der Waals surface area contributed by atoms with Crippen molar-refractivity contribution in [2.24, 2.45) is 5.73 Å². The number of amides is 2. The van der Waals surface area contributed by atoms with Gasteiger partial charge in [0.1, 0.15) is 0 Å². The maximum atomic E-state index is 11.7. The molecule has 1 unspecified atom stereocenters. The Bertz CT molecular complexity index is 458. The molecule has 110 valence electrons. The Morgan fingerprint density at radius 3 is 2.35 bits per heavy atom. The van der Waals surface area contributed by atoms with E-state index in [1.807, 2.05) is 6.92 Å². The number of benzene rings is 1. The fourth-order valence-electron chi connectivity index (χ4n) is 1.73. The number of carbonyl (C=O) groups excluding carboxylic acids is 2. The van der Waals surface area contributed by atoms with Crippen LogP contribution in [0.5, 0.6) is 0 Å². The minimum absolute atomic E-state index is 0.0374. The van der Waals surface area contributed by atoms with Crippen molar-refractivity contribution < 1.29 is 9.59 Å². The highest BCUT2D eigenvalue weighted by molar-refractivity contribution is 5.93. The van der Waals surface area contributed by atoms with Gasteiger partial charge >= 0.3 is 0 Å². The molecule has 4 N–H and O–H groups in total. The third kappa shape index (κ3) is 6.33. The smallest absolute Gasteiger partial charge is 0.224 e. The minimum Gasteiger partial charge on any atom is -0.328 e. The molecule has 5 nitrogen and oxygen atoms in total. The topological polar surface area (TPSA) is 84.2 Å². The summed E-state index contributed by atoms with van der Waals surface area (Å²) in [5.41, 5.74) is 7.01. The molecular formula is C15H23N3O2. The average Bonchev–Trinajstić information content (AvgIpc) is 2.38. The van der Waals surface area contributed by atoms with E-state index in [9.17, 15) is 9.59 Å². The molecule has 0 radical (unpaired) electrons. The van der Waals surface area contributed by atoms with E-state index in [0.29, 0.717) is 24.2 Å². The molecule has 0 bridgehead atoms. The Hall–Kier alpha value is -1.88. The van der Waals surface area contributed by atoms with Gasteiger partial charge in [-0.1, -0.05) is 13.0 Å². The second kappa shape index (κ2) is 8.32. The highest BCUT2D eigenvalue weighted by atomic mass is 16.2. The lowest BCUT2D eigenvalue weighted by atomic mass is 10.1. The van der Waals surface area contributed by atoms with Crippen molar-refractivity contribution in [2.75, 3.05) is 10.6 Å². The first kappa shape index (κ1) is 16.2. The summed E-state index contributed by atoms with van der Waals surface area (Å²) in [5, 5.41) is 5.57. The molecule has 0 aromatic heterocycles. The van der Waals surface area contributed by atoms with E-state index in [-0.39, 0.29) is 17.9 Å². The van der Waals surface area contributed by atoms with Crippen LogP contribution >= 0.6 is 0 Å². The quantitative estimate of drug-likeness (QED) is 0.716. The summed E-state index contributed by atoms with van der Waals surface area (Å²) < 4.78 is 0. The van der Waals surface area contributed by atoms with Crippen molar-refractivity contribution in [1.82, 2.24) is 0 Å². The van der Waals surface area contributed by atoms with Gasteiger partial charge in [0.25, 0.3) is 0 Å². The molecular weight excluding hydrogens is 254 g/mol. The van der Waals surface area contributed by atoms with Crippen molar-refractivity contribution >= 4 is 23.2 Å². The molecule has 2 amide bonds. The Morgan fingerprint density at radius 2 is 1.80 bits per heavy atom. The monoisotopic (exact) mass is 277 g/mol. The van der Waals surface area contributed by atoms with Gasteiger partial charge in [-0.25, -0.2) is 0 Å². The molecule has 0 heterocycles. The first-order chi connectivity index (χ1) is 9.51. The number of carbonyl (C=O) groups is 2. The lowest BCUT2D eigenvalue weighted by Crippen LogP contribution is -2.17. The van der Waals surface area contributed by atoms with Crippen molar-refractivity contribution in [3.05, 3.63) is 24.3 Å². The lowest BCUT2D eigenvalue weighted by molar-refractivity contribution is -0.116. The molecule has 1 atom stereocenters. The largest absolute Gasteiger partial charge is 0.328 e. The third-order valence-corrected chi connectivity index (χ3v) is 2.81. The first-order valence-electron chi connectivity index (χ1n) is 6.96. The Balaban J connectivity index is 2.49. The zero-order valence-corrected chi connectivity index (χ0v) is 12.1. The Kier molecular flexibility index (Phi) is 6.73. The molecule has 1 aromatic rings. The van der Waals surface area contributed by atoms with E-state index in [4.69, 9.17) is 5.73 Å². The third-order valence-electron chi connectivity index (χ3n) is 2.81. The van der Waals surface area contributed by atoms with Gasteiger partial charge in [-0.05, 0) is 38.0 Å². The molecule has 0 fully saturated rings. The van der Waals surface area contributed by atoms with E-state index in [1.54, 1.807) is 31.2 Å². The van der Waals surface area contributed by atoms with Crippen LogP contribution in [-0.2, 0) is 9.59 Å². The van der Waals surface area contributed by atoms with Crippen LogP contribution in [0.4, 0.5) is 11.4 Å². The van der Waals surface area contributed by atoms with Gasteiger partial charge in [-0.3, -0.25) is 9.59 Å². The number of nitrogens with two attached hydrogens (primary N) is 1. The molecule has 0 aliphatic rings. The van der Waals surface area contributed by atoms with Gasteiger partial charge in [0, 0.05) is 30.3 Å². The molecule has 1 aromatic carbocycles. The molecule has 5 heteroatoms. The van der Waals surface area contributed by atoms with Crippen molar-refractivity contribution in [1.29, 1.82) is 0 Å². The SMILES string of the molecule is CCC(=O)Nc1cccc(NC(=O)CCCC(C)N)c1. The standard InChI is InChI=1S/C15H23N3O2/c1-3-14(19)17-12-7-5-8-13(10-12)18-15(20)9-4-6-11(2)16/h5,7-8,10-11H,3-4,6,9,16H2,1-2H3,(H,17,19)(H,18,20). The molecule has 0 aliphatic carbocycles. The van der Waals surface area contributed by atoms with Gasteiger partial charge in [0.15, 0.2) is 0 Å². The fraction of sp³-hybridized carbons (Fsp3) is 0.467. The molecule has 0 spiro atoms. The maximum Gasteiger partial charge on any atom is 0.224 e. The van der Waals surface area contributed by atoms with E-state index in [0.717, 1.165) is 12.8 Å². The summed E-state index contributed by atoms with van der Waals surface area (Å²) in [7, 11) is 0. The van der Waals surface area contributed by atoms with Crippen LogP contribution < -0.4 is 16.4 Å². The van der Waals surface area contributed by atoms with Gasteiger partial charge in [0.05, 0.1) is 0 Å². The van der Waals surface area contributed by atoms with E-state index < -0.39 is 0 Å². The first-order valence-corrected chi connectivity index (χ1v) is 6.96. The van der Waals surface area contributed by atoms with Gasteiger partial charge in [0.2, 0.25) is 11.8 Å². The average molecular weight is 277 g/mol. The highest BCUT2D eigenvalue weighted by Gasteiger charge is 2.05. The summed E-state index contributed by atoms with van der Waals surface area (Å²) in [6, 6.07) is 7.25. The summed E-state index contributed by atoms with van der Waals surface area (Å²) in [4.78, 5) is 23.1. The number of rotatable bonds is 7. The van der Waals surface area contributed by atoms with Gasteiger partial charge in [-0.2, -0.15) is 0 Å². The second-order valence-electron chi connectivity index (χ2n) is 4.90. The van der Waals surface area contributed by atoms with Crippen molar-refractivity contribution in [3.63, 3.8) is 0 Å². The summed E-state index contributed by atoms with van der Waals surface area (Å²) in [5.74, 6) is -0.0879. The van der Waals surface area contributed by atoms with Gasteiger partial charge < -0.3 is 16.4 Å². The molecule has 1 rings (SSSR count). The predicted molar refractivity (Wildman–Crippen MR) is 81.5 cm³/mol. The van der Waals surface area contributed by atoms with Crippen LogP contribution in [0.15, 0.2) is 24.3 Å². The number of hydrogen-bond acceptors (Lipinski definition) is 3. The number of anilines is 2. The molecule has 0 aliphatic heterocycles. The van der Waals surface area contributed by atoms with Crippen LogP contribution in [0.25, 0.3) is 0 Å². The Morgan fingerprint density at radius 1 is 1.20 bits per heavy atom. The zero-order valence-electron chi connectivity index (χ0n) is 12.1. The van der Waals surface area contributed by atoms with Crippen LogP contribution in [0.2, 0.25) is 0 Å².